The van der Waals surface area contributed by atoms with Gasteiger partial charge < -0.3 is 0 Å². The van der Waals surface area contributed by atoms with Gasteiger partial charge in [-0.25, -0.2) is 0 Å². The molecule has 0 fully saturated rings. The van der Waals surface area contributed by atoms with Crippen molar-refractivity contribution < 1.29 is 9.72 Å². The summed E-state index contributed by atoms with van der Waals surface area (Å²) in [6.45, 7) is 1.81. The number of nitro benzene ring substituents is 1. The molecule has 0 atom stereocenters. The zero-order valence-corrected chi connectivity index (χ0v) is 10.4. The molecule has 1 rings (SSSR count). The molecular weight excluding hydrogens is 309 g/mol. The van der Waals surface area contributed by atoms with Gasteiger partial charge in [-0.15, -0.1) is 0 Å². The number of nitro groups is 1. The lowest BCUT2D eigenvalue weighted by atomic mass is 10.1. The fourth-order valence-corrected chi connectivity index (χ4v) is 1.82. The largest absolute Gasteiger partial charge is 0.299 e. The van der Waals surface area contributed by atoms with E-state index in [4.69, 9.17) is 0 Å². The Labute approximate surface area is 101 Å². The standard InChI is InChI=1S/C10H10INO3/c1-2-9(13)5-7-3-4-8(12(14)15)6-10(7)11/h3-4,6H,2,5H2,1H3. The van der Waals surface area contributed by atoms with Crippen LogP contribution < -0.4 is 0 Å². The number of benzene rings is 1. The van der Waals surface area contributed by atoms with Gasteiger partial charge in [0, 0.05) is 28.5 Å². The second-order valence-electron chi connectivity index (χ2n) is 3.10. The molecule has 0 spiro atoms. The molecule has 0 N–H and O–H groups in total. The Morgan fingerprint density at radius 3 is 2.67 bits per heavy atom. The van der Waals surface area contributed by atoms with Gasteiger partial charge >= 0.3 is 0 Å². The van der Waals surface area contributed by atoms with Crippen LogP contribution in [0.25, 0.3) is 0 Å². The van der Waals surface area contributed by atoms with E-state index in [0.717, 1.165) is 9.13 Å². The van der Waals surface area contributed by atoms with Gasteiger partial charge in [-0.2, -0.15) is 0 Å². The SMILES string of the molecule is CCC(=O)Cc1ccc([N+](=O)[O-])cc1I. The number of carbonyl (C=O) groups excluding carboxylic acids is 1. The van der Waals surface area contributed by atoms with E-state index in [9.17, 15) is 14.9 Å². The second-order valence-corrected chi connectivity index (χ2v) is 4.26. The van der Waals surface area contributed by atoms with Crippen LogP contribution in [0.4, 0.5) is 5.69 Å². The predicted molar refractivity (Wildman–Crippen MR) is 64.8 cm³/mol. The number of hydrogen-bond donors (Lipinski definition) is 0. The fourth-order valence-electron chi connectivity index (χ4n) is 1.13. The summed E-state index contributed by atoms with van der Waals surface area (Å²) in [7, 11) is 0. The maximum Gasteiger partial charge on any atom is 0.270 e. The maximum absolute atomic E-state index is 11.2. The summed E-state index contributed by atoms with van der Waals surface area (Å²) >= 11 is 2.01. The molecule has 0 bridgehead atoms. The molecule has 0 aliphatic heterocycles. The Morgan fingerprint density at radius 1 is 1.53 bits per heavy atom. The second kappa shape index (κ2) is 5.20. The third-order valence-electron chi connectivity index (χ3n) is 2.03. The van der Waals surface area contributed by atoms with E-state index in [0.29, 0.717) is 12.8 Å². The lowest BCUT2D eigenvalue weighted by molar-refractivity contribution is -0.385. The molecular formula is C10H10INO3. The molecule has 0 amide bonds. The molecule has 0 saturated carbocycles. The highest BCUT2D eigenvalue weighted by atomic mass is 127. The Balaban J connectivity index is 2.93. The summed E-state index contributed by atoms with van der Waals surface area (Å²) in [5.41, 5.74) is 0.917. The zero-order chi connectivity index (χ0) is 11.4. The van der Waals surface area contributed by atoms with Crippen molar-refractivity contribution in [3.63, 3.8) is 0 Å². The molecule has 0 saturated heterocycles. The summed E-state index contributed by atoms with van der Waals surface area (Å²) in [6.07, 6.45) is 0.847. The van der Waals surface area contributed by atoms with Crippen LogP contribution in [0.15, 0.2) is 18.2 Å². The van der Waals surface area contributed by atoms with Crippen LogP contribution in [-0.2, 0) is 11.2 Å². The van der Waals surface area contributed by atoms with E-state index in [1.165, 1.54) is 12.1 Å². The van der Waals surface area contributed by atoms with E-state index in [1.807, 2.05) is 22.6 Å². The minimum absolute atomic E-state index is 0.0621. The molecule has 0 aromatic heterocycles. The highest BCUT2D eigenvalue weighted by molar-refractivity contribution is 14.1. The first-order valence-electron chi connectivity index (χ1n) is 4.49. The van der Waals surface area contributed by atoms with Crippen molar-refractivity contribution in [1.29, 1.82) is 0 Å². The van der Waals surface area contributed by atoms with Crippen LogP contribution in [0.5, 0.6) is 0 Å². The first kappa shape index (κ1) is 12.1. The number of non-ortho nitro benzene ring substituents is 1. The van der Waals surface area contributed by atoms with E-state index in [1.54, 1.807) is 13.0 Å². The molecule has 0 radical (unpaired) electrons. The molecule has 0 aliphatic carbocycles. The van der Waals surface area contributed by atoms with Gasteiger partial charge in [0.1, 0.15) is 5.78 Å². The molecule has 0 aliphatic rings. The lowest BCUT2D eigenvalue weighted by Gasteiger charge is -2.02. The quantitative estimate of drug-likeness (QED) is 0.487. The number of ketones is 1. The van der Waals surface area contributed by atoms with Crippen molar-refractivity contribution in [2.24, 2.45) is 0 Å². The van der Waals surface area contributed by atoms with Crippen LogP contribution in [0, 0.1) is 13.7 Å². The fraction of sp³-hybridized carbons (Fsp3) is 0.300. The highest BCUT2D eigenvalue weighted by Gasteiger charge is 2.10. The van der Waals surface area contributed by atoms with E-state index in [2.05, 4.69) is 0 Å². The van der Waals surface area contributed by atoms with Crippen LogP contribution in [0.1, 0.15) is 18.9 Å². The van der Waals surface area contributed by atoms with Crippen molar-refractivity contribution >= 4 is 34.1 Å². The number of halogens is 1. The summed E-state index contributed by atoms with van der Waals surface area (Å²) in [6, 6.07) is 4.56. The van der Waals surface area contributed by atoms with Gasteiger partial charge in [-0.05, 0) is 28.2 Å². The molecule has 1 aromatic carbocycles. The van der Waals surface area contributed by atoms with Gasteiger partial charge in [0.2, 0.25) is 0 Å². The third-order valence-corrected chi connectivity index (χ3v) is 3.03. The normalized spacial score (nSPS) is 10.0. The monoisotopic (exact) mass is 319 g/mol. The number of hydrogen-bond acceptors (Lipinski definition) is 3. The topological polar surface area (TPSA) is 60.2 Å². The highest BCUT2D eigenvalue weighted by Crippen LogP contribution is 2.20. The predicted octanol–water partition coefficient (Wildman–Crippen LogP) is 2.72. The van der Waals surface area contributed by atoms with Gasteiger partial charge in [-0.1, -0.05) is 13.0 Å². The molecule has 5 heteroatoms. The van der Waals surface area contributed by atoms with E-state index in [-0.39, 0.29) is 11.5 Å². The Kier molecular flexibility index (Phi) is 4.19. The minimum atomic E-state index is -0.437. The van der Waals surface area contributed by atoms with Crippen LogP contribution in [0.2, 0.25) is 0 Å². The molecule has 1 aromatic rings. The zero-order valence-electron chi connectivity index (χ0n) is 8.20. The Morgan fingerprint density at radius 2 is 2.20 bits per heavy atom. The minimum Gasteiger partial charge on any atom is -0.299 e. The number of carbonyl (C=O) groups is 1. The van der Waals surface area contributed by atoms with E-state index >= 15 is 0 Å². The summed E-state index contributed by atoms with van der Waals surface area (Å²) in [4.78, 5) is 21.3. The first-order chi connectivity index (χ1) is 7.04. The summed E-state index contributed by atoms with van der Waals surface area (Å²) in [5.74, 6) is 0.141. The molecule has 0 unspecified atom stereocenters. The molecule has 0 heterocycles. The average Bonchev–Trinajstić information content (AvgIpc) is 2.20. The molecule has 4 nitrogen and oxygen atoms in total. The van der Waals surface area contributed by atoms with Gasteiger partial charge in [0.15, 0.2) is 0 Å². The Bertz CT molecular complexity index is 404. The first-order valence-corrected chi connectivity index (χ1v) is 5.57. The smallest absolute Gasteiger partial charge is 0.270 e. The van der Waals surface area contributed by atoms with Crippen molar-refractivity contribution in [3.8, 4) is 0 Å². The van der Waals surface area contributed by atoms with Crippen molar-refractivity contribution in [3.05, 3.63) is 37.4 Å². The number of rotatable bonds is 4. The van der Waals surface area contributed by atoms with Crippen LogP contribution >= 0.6 is 22.6 Å². The van der Waals surface area contributed by atoms with Gasteiger partial charge in [0.05, 0.1) is 4.92 Å². The number of nitrogens with zero attached hydrogens (tertiary/aromatic N) is 1. The molecule has 15 heavy (non-hydrogen) atoms. The third kappa shape index (κ3) is 3.26. The van der Waals surface area contributed by atoms with Gasteiger partial charge in [-0.3, -0.25) is 14.9 Å². The lowest BCUT2D eigenvalue weighted by Crippen LogP contribution is -2.02. The average molecular weight is 319 g/mol. The van der Waals surface area contributed by atoms with Crippen LogP contribution in [-0.4, -0.2) is 10.7 Å². The van der Waals surface area contributed by atoms with Gasteiger partial charge in [0.25, 0.3) is 5.69 Å². The van der Waals surface area contributed by atoms with Crippen molar-refractivity contribution in [1.82, 2.24) is 0 Å². The molecule has 80 valence electrons. The van der Waals surface area contributed by atoms with Crippen LogP contribution in [0.3, 0.4) is 0 Å². The van der Waals surface area contributed by atoms with Crippen molar-refractivity contribution in [2.75, 3.05) is 0 Å². The summed E-state index contributed by atoms with van der Waals surface area (Å²) < 4.78 is 0.767. The Hall–Kier alpha value is -0.980. The van der Waals surface area contributed by atoms with Crippen molar-refractivity contribution in [2.45, 2.75) is 19.8 Å². The van der Waals surface area contributed by atoms with E-state index < -0.39 is 4.92 Å². The summed E-state index contributed by atoms with van der Waals surface area (Å²) in [5, 5.41) is 10.5. The number of Topliss-reactive ketones (excluding diaryl/α,β-unsaturated/α-hetero) is 1. The maximum atomic E-state index is 11.2.